The summed E-state index contributed by atoms with van der Waals surface area (Å²) in [4.78, 5) is 25.1. The van der Waals surface area contributed by atoms with E-state index < -0.39 is 0 Å². The van der Waals surface area contributed by atoms with Crippen LogP contribution in [0.5, 0.6) is 0 Å². The Balaban J connectivity index is 3.54. The average molecular weight is 734 g/mol. The molecule has 0 aliphatic rings. The maximum atomic E-state index is 12.5. The van der Waals surface area contributed by atoms with Gasteiger partial charge in [-0.05, 0) is 19.3 Å². The Morgan fingerprint density at radius 3 is 0.673 bits per heavy atom. The second-order valence-corrected chi connectivity index (χ2v) is 16.4. The number of carbonyl (C=O) groups is 2. The van der Waals surface area contributed by atoms with Gasteiger partial charge in [0.05, 0.1) is 0 Å². The zero-order valence-corrected chi connectivity index (χ0v) is 36.0. The fourth-order valence-corrected chi connectivity index (χ4v) is 7.50. The summed E-state index contributed by atoms with van der Waals surface area (Å²) in [6, 6.07) is 0. The minimum absolute atomic E-state index is 0.0178. The second kappa shape index (κ2) is 44.3. The molecule has 0 aromatic rings. The third kappa shape index (κ3) is 41.7. The topological polar surface area (TPSA) is 61.4 Å². The van der Waals surface area contributed by atoms with Crippen molar-refractivity contribution < 1.29 is 9.59 Å². The third-order valence-electron chi connectivity index (χ3n) is 11.0. The van der Waals surface area contributed by atoms with E-state index in [-0.39, 0.29) is 11.8 Å². The van der Waals surface area contributed by atoms with Crippen LogP contribution >= 0.6 is 0 Å². The highest BCUT2D eigenvalue weighted by Crippen LogP contribution is 2.16. The maximum absolute atomic E-state index is 12.5. The van der Waals surface area contributed by atoms with E-state index in [1.165, 1.54) is 218 Å². The molecule has 0 saturated carbocycles. The lowest BCUT2D eigenvalue weighted by atomic mass is 10.0. The molecule has 0 atom stereocenters. The first kappa shape index (κ1) is 50.9. The summed E-state index contributed by atoms with van der Waals surface area (Å²) in [6.07, 6.45) is 53.5. The Morgan fingerprint density at radius 2 is 0.481 bits per heavy atom. The normalized spacial score (nSPS) is 11.5. The molecule has 0 aromatic heterocycles. The highest BCUT2D eigenvalue weighted by Gasteiger charge is 2.11. The summed E-state index contributed by atoms with van der Waals surface area (Å²) < 4.78 is 0. The molecule has 0 fully saturated rings. The van der Waals surface area contributed by atoms with Crippen molar-refractivity contribution in [3.8, 4) is 0 Å². The van der Waals surface area contributed by atoms with Crippen molar-refractivity contribution in [1.29, 1.82) is 0 Å². The van der Waals surface area contributed by atoms with Crippen LogP contribution in [0.3, 0.4) is 0 Å². The van der Waals surface area contributed by atoms with Gasteiger partial charge in [-0.1, -0.05) is 252 Å². The summed E-state index contributed by atoms with van der Waals surface area (Å²) in [7, 11) is 0. The van der Waals surface area contributed by atoms with Crippen LogP contribution in [0.4, 0.5) is 0 Å². The third-order valence-corrected chi connectivity index (χ3v) is 11.0. The predicted octanol–water partition coefficient (Wildman–Crippen LogP) is 15.4. The Hall–Kier alpha value is -1.10. The molecule has 0 aromatic carbocycles. The Kier molecular flexibility index (Phi) is 43.4. The van der Waals surface area contributed by atoms with Gasteiger partial charge in [-0.2, -0.15) is 0 Å². The van der Waals surface area contributed by atoms with Crippen molar-refractivity contribution in [3.05, 3.63) is 0 Å². The van der Waals surface area contributed by atoms with Crippen molar-refractivity contribution >= 4 is 11.8 Å². The van der Waals surface area contributed by atoms with Crippen LogP contribution < -0.4 is 10.9 Å². The van der Waals surface area contributed by atoms with E-state index in [4.69, 9.17) is 0 Å². The minimum Gasteiger partial charge on any atom is -0.274 e. The monoisotopic (exact) mass is 734 g/mol. The second-order valence-electron chi connectivity index (χ2n) is 16.4. The Bertz CT molecular complexity index is 659. The first-order chi connectivity index (χ1) is 25.6. The molecule has 2 amide bonds. The quantitative estimate of drug-likeness (QED) is 0.0484. The number of hydrazine groups is 2. The van der Waals surface area contributed by atoms with Crippen LogP contribution in [0.15, 0.2) is 0 Å². The van der Waals surface area contributed by atoms with E-state index in [0.717, 1.165) is 32.1 Å². The van der Waals surface area contributed by atoms with Crippen LogP contribution in [0.1, 0.15) is 284 Å². The molecule has 0 radical (unpaired) electrons. The molecule has 5 nitrogen and oxygen atoms in total. The number of unbranched alkanes of at least 4 members (excludes halogenated alkanes) is 36. The molecule has 52 heavy (non-hydrogen) atoms. The molecule has 0 heterocycles. The highest BCUT2D eigenvalue weighted by molar-refractivity contribution is 5.77. The van der Waals surface area contributed by atoms with E-state index in [2.05, 4.69) is 31.6 Å². The molecule has 0 saturated heterocycles. The summed E-state index contributed by atoms with van der Waals surface area (Å²) in [5.41, 5.74) is 5.86. The van der Waals surface area contributed by atoms with Crippen molar-refractivity contribution in [2.24, 2.45) is 0 Å². The van der Waals surface area contributed by atoms with Gasteiger partial charge in [-0.15, -0.1) is 5.12 Å². The van der Waals surface area contributed by atoms with Crippen LogP contribution in [-0.2, 0) is 9.59 Å². The van der Waals surface area contributed by atoms with Crippen molar-refractivity contribution in [3.63, 3.8) is 0 Å². The van der Waals surface area contributed by atoms with Crippen LogP contribution in [-0.4, -0.2) is 23.5 Å². The smallest absolute Gasteiger partial charge is 0.235 e. The fourth-order valence-electron chi connectivity index (χ4n) is 7.50. The predicted molar refractivity (Wildman–Crippen MR) is 229 cm³/mol. The van der Waals surface area contributed by atoms with Gasteiger partial charge in [0.1, 0.15) is 0 Å². The number of nitrogens with one attached hydrogen (secondary N) is 2. The molecule has 0 unspecified atom stereocenters. The van der Waals surface area contributed by atoms with E-state index in [1.54, 1.807) is 5.12 Å². The van der Waals surface area contributed by atoms with E-state index >= 15 is 0 Å². The van der Waals surface area contributed by atoms with Gasteiger partial charge >= 0.3 is 0 Å². The van der Waals surface area contributed by atoms with E-state index in [1.807, 2.05) is 0 Å². The Labute approximate surface area is 327 Å². The minimum atomic E-state index is 0.0178. The first-order valence-electron chi connectivity index (χ1n) is 24.0. The lowest BCUT2D eigenvalue weighted by Crippen LogP contribution is -2.53. The molecule has 310 valence electrons. The molecule has 5 heteroatoms. The first-order valence-corrected chi connectivity index (χ1v) is 24.0. The average Bonchev–Trinajstić information content (AvgIpc) is 3.13. The van der Waals surface area contributed by atoms with Crippen molar-refractivity contribution in [2.45, 2.75) is 284 Å². The summed E-state index contributed by atoms with van der Waals surface area (Å²) >= 11 is 0. The molecule has 2 N–H and O–H groups in total. The molecular weight excluding hydrogens is 639 g/mol. The summed E-state index contributed by atoms with van der Waals surface area (Å²) in [5, 5.41) is 1.62. The number of hydrogen-bond donors (Lipinski definition) is 2. The maximum Gasteiger partial charge on any atom is 0.235 e. The van der Waals surface area contributed by atoms with Gasteiger partial charge < -0.3 is 0 Å². The largest absolute Gasteiger partial charge is 0.274 e. The zero-order valence-electron chi connectivity index (χ0n) is 36.0. The van der Waals surface area contributed by atoms with Gasteiger partial charge in [0.25, 0.3) is 0 Å². The molecule has 0 spiro atoms. The zero-order chi connectivity index (χ0) is 37.8. The summed E-state index contributed by atoms with van der Waals surface area (Å²) in [6.45, 7) is 7.29. The standard InChI is InChI=1S/C47H95N3O2/c1-4-7-9-11-13-15-17-19-21-23-25-27-29-31-33-35-37-39-41-43-46(51)48-50(45-6-3)49-47(52)44-42-40-38-36-34-32-30-28-26-24-22-20-18-16-14-12-10-8-5-2/h4-45H2,1-3H3,(H,48,51)(H,49,52). The Morgan fingerprint density at radius 1 is 0.288 bits per heavy atom. The molecule has 0 rings (SSSR count). The summed E-state index contributed by atoms with van der Waals surface area (Å²) in [5.74, 6) is 0.0356. The molecule has 0 aliphatic heterocycles. The van der Waals surface area contributed by atoms with E-state index in [9.17, 15) is 9.59 Å². The highest BCUT2D eigenvalue weighted by atomic mass is 16.2. The van der Waals surface area contributed by atoms with Crippen LogP contribution in [0, 0.1) is 0 Å². The SMILES string of the molecule is CCCCCCCCCCCCCCCCCCCCCC(=O)NN(CCC)NC(=O)CCCCCCCCCCCCCCCCCCCCC. The van der Waals surface area contributed by atoms with Gasteiger partial charge in [0, 0.05) is 19.4 Å². The molecule has 0 aliphatic carbocycles. The van der Waals surface area contributed by atoms with Gasteiger partial charge in [-0.25, -0.2) is 0 Å². The van der Waals surface area contributed by atoms with Gasteiger partial charge in [0.15, 0.2) is 0 Å². The number of amides is 2. The lowest BCUT2D eigenvalue weighted by Gasteiger charge is -2.23. The lowest BCUT2D eigenvalue weighted by molar-refractivity contribution is -0.133. The molecule has 0 bridgehead atoms. The molecular formula is C47H95N3O2. The number of hydrogen-bond acceptors (Lipinski definition) is 3. The van der Waals surface area contributed by atoms with Crippen molar-refractivity contribution in [2.75, 3.05) is 6.54 Å². The fraction of sp³-hybridized carbons (Fsp3) is 0.957. The van der Waals surface area contributed by atoms with Gasteiger partial charge in [0.2, 0.25) is 11.8 Å². The van der Waals surface area contributed by atoms with Gasteiger partial charge in [-0.3, -0.25) is 20.4 Å². The number of rotatable bonds is 44. The van der Waals surface area contributed by atoms with E-state index in [0.29, 0.717) is 19.4 Å². The number of nitrogens with zero attached hydrogens (tertiary/aromatic N) is 1. The number of carbonyl (C=O) groups excluding carboxylic acids is 2. The van der Waals surface area contributed by atoms with Crippen LogP contribution in [0.2, 0.25) is 0 Å². The van der Waals surface area contributed by atoms with Crippen LogP contribution in [0.25, 0.3) is 0 Å². The van der Waals surface area contributed by atoms with Crippen molar-refractivity contribution in [1.82, 2.24) is 16.0 Å².